The number of anilines is 1. The summed E-state index contributed by atoms with van der Waals surface area (Å²) in [6, 6.07) is 8.83. The van der Waals surface area contributed by atoms with Crippen LogP contribution in [-0.4, -0.2) is 11.0 Å². The van der Waals surface area contributed by atoms with Crippen LogP contribution in [0.4, 0.5) is 5.69 Å². The number of nitrogens with one attached hydrogen (secondary N) is 1. The average molecular weight is 336 g/mol. The lowest BCUT2D eigenvalue weighted by Gasteiger charge is -2.09. The van der Waals surface area contributed by atoms with Crippen molar-refractivity contribution in [3.05, 3.63) is 41.1 Å². The Morgan fingerprint density at radius 3 is 2.74 bits per heavy atom. The van der Waals surface area contributed by atoms with Crippen LogP contribution in [0.5, 0.6) is 0 Å². The van der Waals surface area contributed by atoms with Gasteiger partial charge in [-0.15, -0.1) is 0 Å². The molecule has 0 saturated heterocycles. The van der Waals surface area contributed by atoms with Gasteiger partial charge in [-0.2, -0.15) is 0 Å². The zero-order valence-corrected chi connectivity index (χ0v) is 14.0. The summed E-state index contributed by atoms with van der Waals surface area (Å²) < 4.78 is 5.50. The van der Waals surface area contributed by atoms with Gasteiger partial charge in [0.25, 0.3) is 0 Å². The molecular weight excluding hydrogens is 314 g/mol. The monoisotopic (exact) mass is 335 g/mol. The molecule has 0 fully saturated rings. The normalized spacial score (nSPS) is 10.7. The minimum absolute atomic E-state index is 0.0318. The molecule has 1 aromatic carbocycles. The molecule has 0 saturated carbocycles. The highest BCUT2D eigenvalue weighted by atomic mass is 35.5. The number of hydrogen-bond donors (Lipinski definition) is 2. The van der Waals surface area contributed by atoms with E-state index in [1.807, 2.05) is 6.07 Å². The molecule has 0 bridgehead atoms. The summed E-state index contributed by atoms with van der Waals surface area (Å²) in [5.74, 6) is 1.09. The predicted octanol–water partition coefficient (Wildman–Crippen LogP) is 5.00. The molecule has 0 aliphatic carbocycles. The number of carbonyl (C=O) groups is 1. The third kappa shape index (κ3) is 5.12. The third-order valence-electron chi connectivity index (χ3n) is 3.60. The quantitative estimate of drug-likeness (QED) is 0.667. The van der Waals surface area contributed by atoms with Crippen molar-refractivity contribution in [2.45, 2.75) is 45.6 Å². The largest absolute Gasteiger partial charge is 0.459 e. The van der Waals surface area contributed by atoms with Gasteiger partial charge in [-0.05, 0) is 36.8 Å². The van der Waals surface area contributed by atoms with E-state index in [2.05, 4.69) is 12.2 Å². The summed E-state index contributed by atoms with van der Waals surface area (Å²) in [5, 5.41) is 12.4. The number of amides is 1. The topological polar surface area (TPSA) is 62.5 Å². The van der Waals surface area contributed by atoms with Crippen molar-refractivity contribution in [1.29, 1.82) is 0 Å². The first-order valence-electron chi connectivity index (χ1n) is 7.93. The van der Waals surface area contributed by atoms with Crippen molar-refractivity contribution in [2.24, 2.45) is 0 Å². The second-order valence-electron chi connectivity index (χ2n) is 5.48. The molecule has 2 rings (SSSR count). The number of carbonyl (C=O) groups excluding carboxylic acids is 1. The van der Waals surface area contributed by atoms with Gasteiger partial charge in [-0.25, -0.2) is 0 Å². The van der Waals surface area contributed by atoms with Gasteiger partial charge >= 0.3 is 0 Å². The van der Waals surface area contributed by atoms with Gasteiger partial charge in [-0.3, -0.25) is 4.79 Å². The molecule has 5 heteroatoms. The van der Waals surface area contributed by atoms with Crippen molar-refractivity contribution >= 4 is 23.2 Å². The highest BCUT2D eigenvalue weighted by Gasteiger charge is 2.10. The van der Waals surface area contributed by atoms with Crippen molar-refractivity contribution < 1.29 is 14.3 Å². The molecule has 2 N–H and O–H groups in total. The lowest BCUT2D eigenvalue weighted by molar-refractivity contribution is -0.116. The van der Waals surface area contributed by atoms with Crippen molar-refractivity contribution in [3.63, 3.8) is 0 Å². The summed E-state index contributed by atoms with van der Waals surface area (Å²) >= 11 is 6.16. The molecule has 23 heavy (non-hydrogen) atoms. The number of halogens is 1. The second-order valence-corrected chi connectivity index (χ2v) is 5.88. The van der Waals surface area contributed by atoms with Gasteiger partial charge < -0.3 is 14.8 Å². The van der Waals surface area contributed by atoms with Gasteiger partial charge in [0.2, 0.25) is 5.91 Å². The van der Waals surface area contributed by atoms with E-state index in [4.69, 9.17) is 21.1 Å². The SMILES string of the molecule is CCCCCCC(=O)Nc1cc(-c2ccc(CO)o2)ccc1Cl. The Morgan fingerprint density at radius 1 is 1.22 bits per heavy atom. The fraction of sp³-hybridized carbons (Fsp3) is 0.389. The summed E-state index contributed by atoms with van der Waals surface area (Å²) in [5.41, 5.74) is 1.38. The number of furan rings is 1. The van der Waals surface area contributed by atoms with Gasteiger partial charge in [0.15, 0.2) is 0 Å². The zero-order valence-electron chi connectivity index (χ0n) is 13.3. The van der Waals surface area contributed by atoms with Crippen LogP contribution in [0.2, 0.25) is 5.02 Å². The molecule has 1 heterocycles. The Hall–Kier alpha value is -1.78. The predicted molar refractivity (Wildman–Crippen MR) is 92.5 cm³/mol. The molecule has 0 atom stereocenters. The molecule has 4 nitrogen and oxygen atoms in total. The Morgan fingerprint density at radius 2 is 2.04 bits per heavy atom. The molecule has 1 amide bonds. The average Bonchev–Trinajstić information content (AvgIpc) is 3.03. The fourth-order valence-corrected chi connectivity index (χ4v) is 2.48. The van der Waals surface area contributed by atoms with E-state index in [0.717, 1.165) is 31.2 Å². The summed E-state index contributed by atoms with van der Waals surface area (Å²) in [6.45, 7) is 2.00. The van der Waals surface area contributed by atoms with Crippen LogP contribution >= 0.6 is 11.6 Å². The van der Waals surface area contributed by atoms with E-state index < -0.39 is 0 Å². The van der Waals surface area contributed by atoms with Gasteiger partial charge in [0.05, 0.1) is 10.7 Å². The second kappa shape index (κ2) is 8.75. The van der Waals surface area contributed by atoms with Gasteiger partial charge in [0, 0.05) is 12.0 Å². The summed E-state index contributed by atoms with van der Waals surface area (Å²) in [4.78, 5) is 12.0. The molecule has 0 unspecified atom stereocenters. The van der Waals surface area contributed by atoms with Gasteiger partial charge in [-0.1, -0.05) is 37.8 Å². The van der Waals surface area contributed by atoms with Crippen LogP contribution in [0, 0.1) is 0 Å². The lowest BCUT2D eigenvalue weighted by Crippen LogP contribution is -2.11. The van der Waals surface area contributed by atoms with Crippen LogP contribution in [0.15, 0.2) is 34.7 Å². The highest BCUT2D eigenvalue weighted by Crippen LogP contribution is 2.30. The Balaban J connectivity index is 2.04. The molecule has 0 radical (unpaired) electrons. The van der Waals surface area contributed by atoms with E-state index in [1.54, 1.807) is 24.3 Å². The molecule has 0 aliphatic heterocycles. The van der Waals surface area contributed by atoms with E-state index in [0.29, 0.717) is 28.7 Å². The van der Waals surface area contributed by atoms with Crippen molar-refractivity contribution in [1.82, 2.24) is 0 Å². The van der Waals surface area contributed by atoms with E-state index >= 15 is 0 Å². The van der Waals surface area contributed by atoms with Crippen LogP contribution in [0.3, 0.4) is 0 Å². The maximum absolute atomic E-state index is 12.0. The molecule has 2 aromatic rings. The lowest BCUT2D eigenvalue weighted by atomic mass is 10.1. The number of unbranched alkanes of at least 4 members (excludes halogenated alkanes) is 3. The third-order valence-corrected chi connectivity index (χ3v) is 3.93. The Kier molecular flexibility index (Phi) is 6.68. The molecule has 0 spiro atoms. The first kappa shape index (κ1) is 17.6. The smallest absolute Gasteiger partial charge is 0.224 e. The number of aliphatic hydroxyl groups excluding tert-OH is 1. The maximum Gasteiger partial charge on any atom is 0.224 e. The fourth-order valence-electron chi connectivity index (χ4n) is 2.32. The number of rotatable bonds is 8. The standard InChI is InChI=1S/C18H22ClNO3/c1-2-3-4-5-6-18(22)20-16-11-13(7-9-15(16)19)17-10-8-14(12-21)23-17/h7-11,21H,2-6,12H2,1H3,(H,20,22). The summed E-state index contributed by atoms with van der Waals surface area (Å²) in [7, 11) is 0. The number of aliphatic hydroxyl groups is 1. The first-order chi connectivity index (χ1) is 11.1. The summed E-state index contributed by atoms with van der Waals surface area (Å²) in [6.07, 6.45) is 4.74. The highest BCUT2D eigenvalue weighted by molar-refractivity contribution is 6.33. The van der Waals surface area contributed by atoms with Crippen molar-refractivity contribution in [3.8, 4) is 11.3 Å². The molecule has 0 aliphatic rings. The van der Waals surface area contributed by atoms with E-state index in [-0.39, 0.29) is 12.5 Å². The van der Waals surface area contributed by atoms with E-state index in [9.17, 15) is 4.79 Å². The molecule has 124 valence electrons. The number of benzene rings is 1. The first-order valence-corrected chi connectivity index (χ1v) is 8.31. The molecule has 1 aromatic heterocycles. The van der Waals surface area contributed by atoms with Crippen molar-refractivity contribution in [2.75, 3.05) is 5.32 Å². The van der Waals surface area contributed by atoms with Crippen LogP contribution < -0.4 is 5.32 Å². The minimum Gasteiger partial charge on any atom is -0.459 e. The molecular formula is C18H22ClNO3. The maximum atomic E-state index is 12.0. The van der Waals surface area contributed by atoms with Gasteiger partial charge in [0.1, 0.15) is 18.1 Å². The van der Waals surface area contributed by atoms with Crippen LogP contribution in [0.1, 0.15) is 44.8 Å². The van der Waals surface area contributed by atoms with Crippen LogP contribution in [-0.2, 0) is 11.4 Å². The van der Waals surface area contributed by atoms with E-state index in [1.165, 1.54) is 0 Å². The number of hydrogen-bond acceptors (Lipinski definition) is 3. The van der Waals surface area contributed by atoms with Crippen LogP contribution in [0.25, 0.3) is 11.3 Å². The zero-order chi connectivity index (χ0) is 16.7. The Labute approximate surface area is 141 Å². The Bertz CT molecular complexity index is 651. The minimum atomic E-state index is -0.144.